The highest BCUT2D eigenvalue weighted by molar-refractivity contribution is 5.53. The minimum absolute atomic E-state index is 0.222. The number of hydrogen-bond donors (Lipinski definition) is 2. The molecule has 4 rings (SSSR count). The third-order valence-corrected chi connectivity index (χ3v) is 5.21. The number of aromatic nitrogens is 3. The Morgan fingerprint density at radius 1 is 1.19 bits per heavy atom. The molecule has 0 spiro atoms. The van der Waals surface area contributed by atoms with Gasteiger partial charge in [-0.3, -0.25) is 4.98 Å². The number of nitrogens with zero attached hydrogens (tertiary/aromatic N) is 4. The van der Waals surface area contributed by atoms with Crippen LogP contribution < -0.4 is 15.5 Å². The van der Waals surface area contributed by atoms with Crippen LogP contribution in [0, 0.1) is 12.8 Å². The van der Waals surface area contributed by atoms with Crippen LogP contribution in [0.1, 0.15) is 41.4 Å². The Morgan fingerprint density at radius 3 is 2.73 bits per heavy atom. The topological polar surface area (TPSA) is 66.0 Å². The first-order valence-electron chi connectivity index (χ1n) is 9.59. The summed E-state index contributed by atoms with van der Waals surface area (Å²) >= 11 is 0. The lowest BCUT2D eigenvalue weighted by Crippen LogP contribution is -2.21. The number of aryl methyl sites for hydroxylation is 1. The van der Waals surface area contributed by atoms with Crippen molar-refractivity contribution in [1.82, 2.24) is 20.3 Å². The molecule has 2 aliphatic rings. The predicted molar refractivity (Wildman–Crippen MR) is 105 cm³/mol. The van der Waals surface area contributed by atoms with Crippen LogP contribution in [0.25, 0.3) is 0 Å². The zero-order chi connectivity index (χ0) is 18.1. The van der Waals surface area contributed by atoms with E-state index in [1.54, 1.807) is 0 Å². The molecular formula is C20H28N6. The highest BCUT2D eigenvalue weighted by atomic mass is 15.2. The third kappa shape index (κ3) is 3.65. The normalized spacial score (nSPS) is 18.0. The molecule has 0 amide bonds. The highest BCUT2D eigenvalue weighted by Crippen LogP contribution is 2.43. The van der Waals surface area contributed by atoms with E-state index in [9.17, 15) is 0 Å². The van der Waals surface area contributed by atoms with Gasteiger partial charge in [0.15, 0.2) is 0 Å². The van der Waals surface area contributed by atoms with E-state index in [1.165, 1.54) is 29.7 Å². The quantitative estimate of drug-likeness (QED) is 0.862. The second-order valence-electron chi connectivity index (χ2n) is 7.66. The smallest absolute Gasteiger partial charge is 0.227 e. The summed E-state index contributed by atoms with van der Waals surface area (Å²) in [5.41, 5.74) is 4.81. The molecule has 1 saturated carbocycles. The number of rotatable bonds is 5. The largest absolute Gasteiger partial charge is 0.361 e. The molecule has 1 atom stereocenters. The zero-order valence-corrected chi connectivity index (χ0v) is 15.9. The fourth-order valence-corrected chi connectivity index (χ4v) is 3.59. The Labute approximate surface area is 155 Å². The van der Waals surface area contributed by atoms with Gasteiger partial charge in [-0.15, -0.1) is 0 Å². The van der Waals surface area contributed by atoms with Crippen molar-refractivity contribution < 1.29 is 0 Å². The molecule has 2 aromatic heterocycles. The van der Waals surface area contributed by atoms with Crippen LogP contribution >= 0.6 is 0 Å². The number of nitrogens with one attached hydrogen (secondary N) is 2. The number of pyridine rings is 1. The number of hydrogen-bond acceptors (Lipinski definition) is 6. The second kappa shape index (κ2) is 7.19. The van der Waals surface area contributed by atoms with Gasteiger partial charge in [0, 0.05) is 38.8 Å². The van der Waals surface area contributed by atoms with Crippen LogP contribution in [-0.2, 0) is 12.8 Å². The lowest BCUT2D eigenvalue weighted by molar-refractivity contribution is 0.651. The van der Waals surface area contributed by atoms with Crippen molar-refractivity contribution in [2.24, 2.45) is 5.92 Å². The Bertz CT molecular complexity index is 784. The maximum atomic E-state index is 4.87. The summed E-state index contributed by atoms with van der Waals surface area (Å²) in [4.78, 5) is 16.3. The first kappa shape index (κ1) is 17.2. The van der Waals surface area contributed by atoms with Crippen LogP contribution in [-0.4, -0.2) is 42.1 Å². The van der Waals surface area contributed by atoms with Gasteiger partial charge < -0.3 is 15.5 Å². The van der Waals surface area contributed by atoms with Gasteiger partial charge >= 0.3 is 0 Å². The molecule has 26 heavy (non-hydrogen) atoms. The summed E-state index contributed by atoms with van der Waals surface area (Å²) in [7, 11) is 4.00. The SMILES string of the molecule is Cc1ccnc([C@@H](Nc2nc(N(C)C)nc3c2CCNCC3)C2CC2)c1. The van der Waals surface area contributed by atoms with Gasteiger partial charge in [-0.1, -0.05) is 0 Å². The van der Waals surface area contributed by atoms with Gasteiger partial charge in [0.05, 0.1) is 17.4 Å². The summed E-state index contributed by atoms with van der Waals surface area (Å²) in [6.45, 7) is 4.08. The minimum Gasteiger partial charge on any atom is -0.361 e. The lowest BCUT2D eigenvalue weighted by atomic mass is 10.0. The van der Waals surface area contributed by atoms with E-state index in [1.807, 2.05) is 25.2 Å². The van der Waals surface area contributed by atoms with Gasteiger partial charge in [-0.25, -0.2) is 4.98 Å². The maximum absolute atomic E-state index is 4.87. The molecule has 0 radical (unpaired) electrons. The Balaban J connectivity index is 1.72. The molecule has 1 fully saturated rings. The van der Waals surface area contributed by atoms with E-state index >= 15 is 0 Å². The summed E-state index contributed by atoms with van der Waals surface area (Å²) in [6.07, 6.45) is 6.33. The Morgan fingerprint density at radius 2 is 2.00 bits per heavy atom. The molecule has 0 unspecified atom stereocenters. The molecule has 6 nitrogen and oxygen atoms in total. The van der Waals surface area contributed by atoms with Crippen molar-refractivity contribution in [3.05, 3.63) is 40.8 Å². The van der Waals surface area contributed by atoms with Crippen LogP contribution in [0.5, 0.6) is 0 Å². The number of fused-ring (bicyclic) bond motifs is 1. The van der Waals surface area contributed by atoms with Crippen molar-refractivity contribution in [3.8, 4) is 0 Å². The molecular weight excluding hydrogens is 324 g/mol. The summed E-state index contributed by atoms with van der Waals surface area (Å²) in [6, 6.07) is 4.48. The fraction of sp³-hybridized carbons (Fsp3) is 0.550. The Kier molecular flexibility index (Phi) is 4.76. The van der Waals surface area contributed by atoms with Crippen molar-refractivity contribution in [2.45, 2.75) is 38.6 Å². The zero-order valence-electron chi connectivity index (χ0n) is 15.9. The molecule has 0 aromatic carbocycles. The fourth-order valence-electron chi connectivity index (χ4n) is 3.59. The monoisotopic (exact) mass is 352 g/mol. The average molecular weight is 352 g/mol. The third-order valence-electron chi connectivity index (χ3n) is 5.21. The van der Waals surface area contributed by atoms with E-state index in [-0.39, 0.29) is 6.04 Å². The van der Waals surface area contributed by atoms with E-state index in [0.29, 0.717) is 5.92 Å². The molecule has 6 heteroatoms. The first-order valence-corrected chi connectivity index (χ1v) is 9.59. The molecule has 0 bridgehead atoms. The molecule has 2 aromatic rings. The number of anilines is 2. The van der Waals surface area contributed by atoms with Crippen molar-refractivity contribution in [2.75, 3.05) is 37.4 Å². The van der Waals surface area contributed by atoms with Gasteiger partial charge in [-0.2, -0.15) is 4.98 Å². The predicted octanol–water partition coefficient (Wildman–Crippen LogP) is 2.50. The standard InChI is InChI=1S/C20H28N6/c1-13-6-11-22-17(12-13)18(14-4-5-14)24-19-15-7-9-21-10-8-16(15)23-20(25-19)26(2)3/h6,11-12,14,18,21H,4-5,7-10H2,1-3H3,(H,23,24,25)/t18-/m0/s1. The minimum atomic E-state index is 0.222. The highest BCUT2D eigenvalue weighted by Gasteiger charge is 2.34. The van der Waals surface area contributed by atoms with E-state index < -0.39 is 0 Å². The van der Waals surface area contributed by atoms with E-state index in [0.717, 1.165) is 43.4 Å². The molecule has 1 aliphatic heterocycles. The van der Waals surface area contributed by atoms with Gasteiger partial charge in [0.1, 0.15) is 5.82 Å². The van der Waals surface area contributed by atoms with Gasteiger partial charge in [0.25, 0.3) is 0 Å². The van der Waals surface area contributed by atoms with Gasteiger partial charge in [0.2, 0.25) is 5.95 Å². The molecule has 0 saturated heterocycles. The van der Waals surface area contributed by atoms with Crippen molar-refractivity contribution in [1.29, 1.82) is 0 Å². The maximum Gasteiger partial charge on any atom is 0.227 e. The van der Waals surface area contributed by atoms with Crippen LogP contribution in [0.2, 0.25) is 0 Å². The van der Waals surface area contributed by atoms with Crippen molar-refractivity contribution in [3.63, 3.8) is 0 Å². The van der Waals surface area contributed by atoms with E-state index in [4.69, 9.17) is 9.97 Å². The molecule has 3 heterocycles. The molecule has 2 N–H and O–H groups in total. The summed E-state index contributed by atoms with van der Waals surface area (Å²) in [5, 5.41) is 7.24. The van der Waals surface area contributed by atoms with Crippen LogP contribution in [0.4, 0.5) is 11.8 Å². The van der Waals surface area contributed by atoms with Crippen LogP contribution in [0.3, 0.4) is 0 Å². The summed E-state index contributed by atoms with van der Waals surface area (Å²) < 4.78 is 0. The van der Waals surface area contributed by atoms with Crippen molar-refractivity contribution >= 4 is 11.8 Å². The second-order valence-corrected chi connectivity index (χ2v) is 7.66. The summed E-state index contributed by atoms with van der Waals surface area (Å²) in [5.74, 6) is 2.41. The van der Waals surface area contributed by atoms with E-state index in [2.05, 4.69) is 34.7 Å². The Hall–Kier alpha value is -2.21. The van der Waals surface area contributed by atoms with Crippen LogP contribution in [0.15, 0.2) is 18.3 Å². The molecule has 138 valence electrons. The average Bonchev–Trinajstić information content (AvgIpc) is 3.46. The lowest BCUT2D eigenvalue weighted by Gasteiger charge is -2.23. The van der Waals surface area contributed by atoms with Gasteiger partial charge in [-0.05, 0) is 56.3 Å². The molecule has 1 aliphatic carbocycles. The first-order chi connectivity index (χ1) is 12.6.